The first-order valence-corrected chi connectivity index (χ1v) is 9.93. The van der Waals surface area contributed by atoms with Gasteiger partial charge in [-0.3, -0.25) is 0 Å². The Kier molecular flexibility index (Phi) is 5.35. The lowest BCUT2D eigenvalue weighted by molar-refractivity contribution is 0.906. The second-order valence-electron chi connectivity index (χ2n) is 5.82. The number of nitriles is 1. The van der Waals surface area contributed by atoms with Crippen molar-refractivity contribution in [1.29, 1.82) is 5.26 Å². The van der Waals surface area contributed by atoms with Crippen LogP contribution in [0.25, 0.3) is 16.9 Å². The highest BCUT2D eigenvalue weighted by Crippen LogP contribution is 2.30. The molecule has 0 atom stereocenters. The molecule has 0 saturated carbocycles. The number of hydrogen-bond acceptors (Lipinski definition) is 9. The Morgan fingerprint density at radius 2 is 2.00 bits per heavy atom. The molecule has 1 aromatic carbocycles. The maximum atomic E-state index is 8.95. The summed E-state index contributed by atoms with van der Waals surface area (Å²) in [6.45, 7) is 1.04. The van der Waals surface area contributed by atoms with E-state index in [4.69, 9.17) is 34.2 Å². The van der Waals surface area contributed by atoms with Gasteiger partial charge in [-0.15, -0.1) is 0 Å². The van der Waals surface area contributed by atoms with Crippen molar-refractivity contribution >= 4 is 57.1 Å². The molecule has 0 aliphatic carbocycles. The summed E-state index contributed by atoms with van der Waals surface area (Å²) in [5.74, 6) is 0.741. The molecule has 3 heterocycles. The average Bonchev–Trinajstić information content (AvgIpc) is 3.31. The summed E-state index contributed by atoms with van der Waals surface area (Å²) in [6.07, 6.45) is 1.45. The summed E-state index contributed by atoms with van der Waals surface area (Å²) in [7, 11) is 0. The van der Waals surface area contributed by atoms with E-state index < -0.39 is 0 Å². The molecule has 0 spiro atoms. The number of thiazole rings is 1. The molecule has 4 aromatic rings. The van der Waals surface area contributed by atoms with Crippen LogP contribution in [0.5, 0.6) is 0 Å². The van der Waals surface area contributed by atoms with Crippen molar-refractivity contribution in [2.24, 2.45) is 0 Å². The first-order valence-electron chi connectivity index (χ1n) is 8.35. The largest absolute Gasteiger partial charge is 0.382 e. The Labute approximate surface area is 179 Å². The molecule has 0 radical (unpaired) electrons. The molecule has 12 heteroatoms. The van der Waals surface area contributed by atoms with E-state index in [1.165, 1.54) is 17.7 Å². The molecule has 4 N–H and O–H groups in total. The van der Waals surface area contributed by atoms with E-state index >= 15 is 0 Å². The molecule has 3 aromatic heterocycles. The number of anilines is 3. The highest BCUT2D eigenvalue weighted by Gasteiger charge is 2.12. The summed E-state index contributed by atoms with van der Waals surface area (Å²) in [6, 6.07) is 9.04. The van der Waals surface area contributed by atoms with Crippen LogP contribution in [0.1, 0.15) is 4.88 Å². The zero-order valence-electron chi connectivity index (χ0n) is 14.7. The van der Waals surface area contributed by atoms with Crippen molar-refractivity contribution in [3.63, 3.8) is 0 Å². The van der Waals surface area contributed by atoms with Crippen LogP contribution in [0.15, 0.2) is 30.6 Å². The molecule has 0 aliphatic rings. The molecular weight excluding hydrogens is 433 g/mol. The van der Waals surface area contributed by atoms with E-state index in [1.807, 2.05) is 12.1 Å². The van der Waals surface area contributed by atoms with Crippen LogP contribution in [-0.4, -0.2) is 37.7 Å². The SMILES string of the molecule is N#Cc1sc(NCCNc2nc(-c3ccc(Cl)cc3Cl)cc3ncnn23)nc1N. The zero-order valence-corrected chi connectivity index (χ0v) is 17.1. The summed E-state index contributed by atoms with van der Waals surface area (Å²) in [5, 5.41) is 21.1. The van der Waals surface area contributed by atoms with Crippen LogP contribution in [0.3, 0.4) is 0 Å². The van der Waals surface area contributed by atoms with Gasteiger partial charge in [0.1, 0.15) is 17.3 Å². The fraction of sp³-hybridized carbons (Fsp3) is 0.118. The number of halogens is 2. The molecule has 0 unspecified atom stereocenters. The fourth-order valence-electron chi connectivity index (χ4n) is 2.61. The van der Waals surface area contributed by atoms with Crippen LogP contribution in [0.2, 0.25) is 10.0 Å². The maximum absolute atomic E-state index is 8.95. The number of nitrogens with two attached hydrogens (primary N) is 1. The minimum atomic E-state index is 0.228. The van der Waals surface area contributed by atoms with Crippen molar-refractivity contribution < 1.29 is 0 Å². The van der Waals surface area contributed by atoms with Gasteiger partial charge in [-0.25, -0.2) is 15.0 Å². The van der Waals surface area contributed by atoms with Gasteiger partial charge < -0.3 is 16.4 Å². The van der Waals surface area contributed by atoms with Gasteiger partial charge in [0.2, 0.25) is 5.95 Å². The molecule has 4 rings (SSSR count). The summed E-state index contributed by atoms with van der Waals surface area (Å²) in [5.41, 5.74) is 7.68. The molecule has 9 nitrogen and oxygen atoms in total. The van der Waals surface area contributed by atoms with Crippen LogP contribution in [0, 0.1) is 11.3 Å². The van der Waals surface area contributed by atoms with Gasteiger partial charge in [0.25, 0.3) is 0 Å². The Hall–Kier alpha value is -3.13. The molecule has 29 heavy (non-hydrogen) atoms. The average molecular weight is 446 g/mol. The number of benzene rings is 1. The van der Waals surface area contributed by atoms with E-state index in [0.717, 1.165) is 5.56 Å². The summed E-state index contributed by atoms with van der Waals surface area (Å²) >= 11 is 13.5. The smallest absolute Gasteiger partial charge is 0.226 e. The Morgan fingerprint density at radius 1 is 1.17 bits per heavy atom. The second-order valence-corrected chi connectivity index (χ2v) is 7.66. The predicted octanol–water partition coefficient (Wildman–Crippen LogP) is 3.53. The van der Waals surface area contributed by atoms with E-state index in [-0.39, 0.29) is 5.82 Å². The lowest BCUT2D eigenvalue weighted by Gasteiger charge is -2.11. The highest BCUT2D eigenvalue weighted by molar-refractivity contribution is 7.16. The first kappa shape index (κ1) is 19.2. The van der Waals surface area contributed by atoms with Crippen molar-refractivity contribution in [2.75, 3.05) is 29.5 Å². The summed E-state index contributed by atoms with van der Waals surface area (Å²) < 4.78 is 1.60. The summed E-state index contributed by atoms with van der Waals surface area (Å²) in [4.78, 5) is 13.4. The van der Waals surface area contributed by atoms with Gasteiger partial charge in [-0.2, -0.15) is 14.9 Å². The number of aromatic nitrogens is 5. The van der Waals surface area contributed by atoms with Gasteiger partial charge in [-0.1, -0.05) is 34.5 Å². The number of rotatable bonds is 6. The van der Waals surface area contributed by atoms with E-state index in [0.29, 0.717) is 50.4 Å². The lowest BCUT2D eigenvalue weighted by Crippen LogP contribution is -2.16. The highest BCUT2D eigenvalue weighted by atomic mass is 35.5. The van der Waals surface area contributed by atoms with Gasteiger partial charge >= 0.3 is 0 Å². The monoisotopic (exact) mass is 445 g/mol. The minimum Gasteiger partial charge on any atom is -0.382 e. The number of nitrogens with one attached hydrogen (secondary N) is 2. The van der Waals surface area contributed by atoms with Gasteiger partial charge in [0, 0.05) is 29.7 Å². The van der Waals surface area contributed by atoms with Gasteiger partial charge in [0.15, 0.2) is 16.6 Å². The molecule has 0 amide bonds. The van der Waals surface area contributed by atoms with Gasteiger partial charge in [0.05, 0.1) is 10.7 Å². The number of fused-ring (bicyclic) bond motifs is 1. The first-order chi connectivity index (χ1) is 14.0. The zero-order chi connectivity index (χ0) is 20.4. The van der Waals surface area contributed by atoms with E-state index in [1.54, 1.807) is 22.7 Å². The van der Waals surface area contributed by atoms with Crippen molar-refractivity contribution in [1.82, 2.24) is 24.6 Å². The molecule has 146 valence electrons. The maximum Gasteiger partial charge on any atom is 0.226 e. The third kappa shape index (κ3) is 4.02. The molecule has 0 aliphatic heterocycles. The number of hydrogen-bond donors (Lipinski definition) is 3. The molecule has 0 bridgehead atoms. The van der Waals surface area contributed by atoms with Crippen molar-refractivity contribution in [3.05, 3.63) is 45.5 Å². The fourth-order valence-corrected chi connectivity index (χ4v) is 3.82. The quantitative estimate of drug-likeness (QED) is 0.384. The minimum absolute atomic E-state index is 0.228. The molecule has 0 saturated heterocycles. The standard InChI is InChI=1S/C17H13Cl2N9S/c18-9-1-2-10(11(19)5-9)12-6-14-24-8-25-28(14)16(26-12)22-3-4-23-17-27-15(21)13(7-20)29-17/h1-2,5-6,8H,3-4,21H2,(H,22,26)(H,23,27). The Balaban J connectivity index is 1.52. The van der Waals surface area contributed by atoms with Crippen LogP contribution < -0.4 is 16.4 Å². The third-order valence-electron chi connectivity index (χ3n) is 3.91. The lowest BCUT2D eigenvalue weighted by atomic mass is 10.1. The van der Waals surface area contributed by atoms with Crippen LogP contribution in [-0.2, 0) is 0 Å². The van der Waals surface area contributed by atoms with Crippen LogP contribution in [0.4, 0.5) is 16.9 Å². The predicted molar refractivity (Wildman–Crippen MR) is 114 cm³/mol. The topological polar surface area (TPSA) is 130 Å². The molecule has 0 fully saturated rings. The van der Waals surface area contributed by atoms with Gasteiger partial charge in [-0.05, 0) is 18.2 Å². The Bertz CT molecular complexity index is 1230. The number of nitrogen functional groups attached to an aromatic ring is 1. The molecular formula is C17H13Cl2N9S. The van der Waals surface area contributed by atoms with E-state index in [2.05, 4.69) is 30.7 Å². The second kappa shape index (κ2) is 8.08. The van der Waals surface area contributed by atoms with E-state index in [9.17, 15) is 0 Å². The van der Waals surface area contributed by atoms with Crippen molar-refractivity contribution in [3.8, 4) is 17.3 Å². The third-order valence-corrected chi connectivity index (χ3v) is 5.39. The van der Waals surface area contributed by atoms with Crippen molar-refractivity contribution in [2.45, 2.75) is 0 Å². The number of nitrogens with zero attached hydrogens (tertiary/aromatic N) is 6. The Morgan fingerprint density at radius 3 is 2.76 bits per heavy atom. The van der Waals surface area contributed by atoms with Crippen LogP contribution >= 0.6 is 34.5 Å². The normalized spacial score (nSPS) is 10.8.